The van der Waals surface area contributed by atoms with E-state index in [9.17, 15) is 4.39 Å². The molecule has 1 rings (SSSR count). The van der Waals surface area contributed by atoms with Crippen molar-refractivity contribution in [2.75, 3.05) is 0 Å². The third kappa shape index (κ3) is 3.14. The number of thiocarbonyl (C=S) groups is 1. The minimum atomic E-state index is -0.569. The van der Waals surface area contributed by atoms with Crippen LogP contribution in [0.15, 0.2) is 29.8 Å². The van der Waals surface area contributed by atoms with Crippen molar-refractivity contribution in [2.24, 2.45) is 4.99 Å². The van der Waals surface area contributed by atoms with E-state index in [2.05, 4.69) is 29.0 Å². The van der Waals surface area contributed by atoms with Crippen LogP contribution in [0.3, 0.4) is 0 Å². The van der Waals surface area contributed by atoms with Crippen LogP contribution in [0, 0.1) is 5.82 Å². The third-order valence-electron chi connectivity index (χ3n) is 1.81. The molecular formula is C11H9ClFNOS. The van der Waals surface area contributed by atoms with Gasteiger partial charge in [-0.3, -0.25) is 0 Å². The molecule has 0 fully saturated rings. The molecule has 1 aromatic rings. The Hall–Kier alpha value is -1.22. The summed E-state index contributed by atoms with van der Waals surface area (Å²) >= 11 is 10.2. The lowest BCUT2D eigenvalue weighted by Gasteiger charge is -2.12. The van der Waals surface area contributed by atoms with E-state index < -0.39 is 5.82 Å². The number of isothiocyanates is 1. The number of hydrogen-bond donors (Lipinski definition) is 0. The topological polar surface area (TPSA) is 21.6 Å². The van der Waals surface area contributed by atoms with Gasteiger partial charge in [-0.2, -0.15) is 4.99 Å². The highest BCUT2D eigenvalue weighted by Gasteiger charge is 2.10. The summed E-state index contributed by atoms with van der Waals surface area (Å²) in [7, 11) is 0. The smallest absolute Gasteiger partial charge is 0.151 e. The number of benzene rings is 1. The Morgan fingerprint density at radius 3 is 2.94 bits per heavy atom. The Kier molecular flexibility index (Phi) is 4.62. The van der Waals surface area contributed by atoms with Gasteiger partial charge < -0.3 is 4.74 Å². The molecule has 84 valence electrons. The van der Waals surface area contributed by atoms with Crippen molar-refractivity contribution in [3.8, 4) is 5.75 Å². The molecule has 1 aromatic carbocycles. The van der Waals surface area contributed by atoms with Crippen molar-refractivity contribution in [1.82, 2.24) is 0 Å². The molecule has 0 aliphatic heterocycles. The number of hydrogen-bond acceptors (Lipinski definition) is 3. The van der Waals surface area contributed by atoms with E-state index in [0.29, 0.717) is 5.75 Å². The highest BCUT2D eigenvalue weighted by Crippen LogP contribution is 2.32. The molecule has 5 heteroatoms. The molecule has 0 saturated carbocycles. The van der Waals surface area contributed by atoms with Crippen molar-refractivity contribution in [3.05, 3.63) is 35.6 Å². The third-order valence-corrected chi connectivity index (χ3v) is 2.20. The van der Waals surface area contributed by atoms with E-state index in [4.69, 9.17) is 16.3 Å². The molecule has 0 aliphatic carbocycles. The molecule has 0 saturated heterocycles. The molecule has 0 amide bonds. The Balaban J connectivity index is 3.13. The summed E-state index contributed by atoms with van der Waals surface area (Å²) in [6.45, 7) is 5.35. The summed E-state index contributed by atoms with van der Waals surface area (Å²) in [6.07, 6.45) is 1.37. The van der Waals surface area contributed by atoms with Crippen LogP contribution in [0.2, 0.25) is 5.02 Å². The van der Waals surface area contributed by atoms with Crippen LogP contribution >= 0.6 is 23.8 Å². The van der Waals surface area contributed by atoms with Crippen molar-refractivity contribution in [2.45, 2.75) is 13.0 Å². The average Bonchev–Trinajstić information content (AvgIpc) is 2.25. The molecule has 2 nitrogen and oxygen atoms in total. The van der Waals surface area contributed by atoms with E-state index in [-0.39, 0.29) is 16.8 Å². The lowest BCUT2D eigenvalue weighted by molar-refractivity contribution is 0.270. The molecule has 0 radical (unpaired) electrons. The predicted octanol–water partition coefficient (Wildman–Crippen LogP) is 4.17. The Morgan fingerprint density at radius 1 is 1.69 bits per heavy atom. The van der Waals surface area contributed by atoms with Gasteiger partial charge in [-0.05, 0) is 25.2 Å². The molecule has 0 aliphatic rings. The molecule has 0 aromatic heterocycles. The van der Waals surface area contributed by atoms with Crippen molar-refractivity contribution in [1.29, 1.82) is 0 Å². The van der Waals surface area contributed by atoms with E-state index in [1.54, 1.807) is 13.0 Å². The molecule has 1 atom stereocenters. The second-order valence-electron chi connectivity index (χ2n) is 3.00. The highest BCUT2D eigenvalue weighted by atomic mass is 35.5. The van der Waals surface area contributed by atoms with Gasteiger partial charge in [-0.1, -0.05) is 24.3 Å². The predicted molar refractivity (Wildman–Crippen MR) is 66.4 cm³/mol. The number of aliphatic imine (C=N–C) groups is 1. The SMILES string of the molecule is C=CC(C)Oc1cc(N=C=S)c(F)cc1Cl. The Bertz CT molecular complexity index is 458. The summed E-state index contributed by atoms with van der Waals surface area (Å²) in [4.78, 5) is 3.57. The summed E-state index contributed by atoms with van der Waals surface area (Å²) < 4.78 is 18.7. The first-order chi connectivity index (χ1) is 7.58. The van der Waals surface area contributed by atoms with Gasteiger partial charge >= 0.3 is 0 Å². The van der Waals surface area contributed by atoms with Gasteiger partial charge in [0.05, 0.1) is 10.2 Å². The van der Waals surface area contributed by atoms with Crippen LogP contribution in [0.1, 0.15) is 6.92 Å². The lowest BCUT2D eigenvalue weighted by atomic mass is 10.3. The van der Waals surface area contributed by atoms with E-state index in [1.807, 2.05) is 0 Å². The molecule has 1 unspecified atom stereocenters. The van der Waals surface area contributed by atoms with Crippen molar-refractivity contribution in [3.63, 3.8) is 0 Å². The van der Waals surface area contributed by atoms with Gasteiger partial charge in [0.1, 0.15) is 17.5 Å². The zero-order valence-electron chi connectivity index (χ0n) is 8.54. The fourth-order valence-corrected chi connectivity index (χ4v) is 1.29. The summed E-state index contributed by atoms with van der Waals surface area (Å²) in [5, 5.41) is 2.26. The maximum absolute atomic E-state index is 13.3. The summed E-state index contributed by atoms with van der Waals surface area (Å²) in [5.74, 6) is -0.236. The quantitative estimate of drug-likeness (QED) is 0.459. The van der Waals surface area contributed by atoms with Gasteiger partial charge in [0.2, 0.25) is 0 Å². The molecular weight excluding hydrogens is 249 g/mol. The molecule has 0 bridgehead atoms. The molecule has 16 heavy (non-hydrogen) atoms. The molecule has 0 spiro atoms. The normalized spacial score (nSPS) is 11.4. The van der Waals surface area contributed by atoms with Gasteiger partial charge in [0.25, 0.3) is 0 Å². The monoisotopic (exact) mass is 257 g/mol. The fourth-order valence-electron chi connectivity index (χ4n) is 0.992. The number of nitrogens with zero attached hydrogens (tertiary/aromatic N) is 1. The maximum atomic E-state index is 13.3. The summed E-state index contributed by atoms with van der Waals surface area (Å²) in [5.41, 5.74) is 0.0469. The number of rotatable bonds is 4. The van der Waals surface area contributed by atoms with E-state index in [1.165, 1.54) is 6.07 Å². The van der Waals surface area contributed by atoms with Crippen LogP contribution in [0.4, 0.5) is 10.1 Å². The zero-order chi connectivity index (χ0) is 12.1. The standard InChI is InChI=1S/C11H9ClFNOS/c1-3-7(2)15-11-5-10(14-6-16)9(13)4-8(11)12/h3-5,7H,1H2,2H3. The Morgan fingerprint density at radius 2 is 2.38 bits per heavy atom. The fraction of sp³-hybridized carbons (Fsp3) is 0.182. The van der Waals surface area contributed by atoms with Crippen molar-refractivity contribution >= 4 is 34.7 Å². The first kappa shape index (κ1) is 12.8. The Labute approximate surface area is 103 Å². The van der Waals surface area contributed by atoms with Crippen LogP contribution in [0.5, 0.6) is 5.75 Å². The zero-order valence-corrected chi connectivity index (χ0v) is 10.1. The van der Waals surface area contributed by atoms with Gasteiger partial charge in [-0.25, -0.2) is 4.39 Å². The number of ether oxygens (including phenoxy) is 1. The first-order valence-corrected chi connectivity index (χ1v) is 5.23. The minimum absolute atomic E-state index is 0.0469. The number of halogens is 2. The van der Waals surface area contributed by atoms with E-state index >= 15 is 0 Å². The maximum Gasteiger partial charge on any atom is 0.151 e. The lowest BCUT2D eigenvalue weighted by Crippen LogP contribution is -2.07. The van der Waals surface area contributed by atoms with Crippen LogP contribution in [0.25, 0.3) is 0 Å². The van der Waals surface area contributed by atoms with Crippen molar-refractivity contribution < 1.29 is 9.13 Å². The second kappa shape index (κ2) is 5.75. The first-order valence-electron chi connectivity index (χ1n) is 4.44. The van der Waals surface area contributed by atoms with Gasteiger partial charge in [0, 0.05) is 6.07 Å². The highest BCUT2D eigenvalue weighted by molar-refractivity contribution is 7.78. The largest absolute Gasteiger partial charge is 0.485 e. The summed E-state index contributed by atoms with van der Waals surface area (Å²) in [6, 6.07) is 2.50. The van der Waals surface area contributed by atoms with Gasteiger partial charge in [-0.15, -0.1) is 0 Å². The van der Waals surface area contributed by atoms with E-state index in [0.717, 1.165) is 6.07 Å². The second-order valence-corrected chi connectivity index (χ2v) is 3.59. The molecule has 0 heterocycles. The van der Waals surface area contributed by atoms with Gasteiger partial charge in [0.15, 0.2) is 5.82 Å². The van der Waals surface area contributed by atoms with Crippen LogP contribution in [-0.4, -0.2) is 11.3 Å². The van der Waals surface area contributed by atoms with Crippen LogP contribution < -0.4 is 4.74 Å². The minimum Gasteiger partial charge on any atom is -0.485 e. The molecule has 0 N–H and O–H groups in total. The average molecular weight is 258 g/mol. The van der Waals surface area contributed by atoms with Crippen LogP contribution in [-0.2, 0) is 0 Å².